The first-order valence-corrected chi connectivity index (χ1v) is 5.11. The molecule has 1 aromatic heterocycles. The van der Waals surface area contributed by atoms with E-state index in [-0.39, 0.29) is 5.82 Å². The lowest BCUT2D eigenvalue weighted by Gasteiger charge is -2.00. The monoisotopic (exact) mass is 255 g/mol. The highest BCUT2D eigenvalue weighted by Gasteiger charge is 2.01. The Hall–Kier alpha value is -1.28. The van der Waals surface area contributed by atoms with Crippen LogP contribution in [0.2, 0.25) is 0 Å². The van der Waals surface area contributed by atoms with Crippen molar-refractivity contribution in [2.45, 2.75) is 6.42 Å². The average molecular weight is 256 g/mol. The zero-order valence-corrected chi connectivity index (χ0v) is 9.34. The molecule has 2 N–H and O–H groups in total. The van der Waals surface area contributed by atoms with Crippen molar-refractivity contribution >= 4 is 21.7 Å². The van der Waals surface area contributed by atoms with Crippen molar-refractivity contribution in [2.24, 2.45) is 0 Å². The fourth-order valence-electron chi connectivity index (χ4n) is 0.792. The van der Waals surface area contributed by atoms with E-state index >= 15 is 0 Å². The molecule has 0 saturated heterocycles. The summed E-state index contributed by atoms with van der Waals surface area (Å²) in [6, 6.07) is 0. The molecule has 0 amide bonds. The lowest BCUT2D eigenvalue weighted by Crippen LogP contribution is -1.99. The molecule has 0 unspecified atom stereocenters. The molecule has 74 valence electrons. The van der Waals surface area contributed by atoms with Crippen molar-refractivity contribution < 1.29 is 4.74 Å². The number of hydrogen-bond donors (Lipinski definition) is 1. The van der Waals surface area contributed by atoms with E-state index in [1.165, 1.54) is 13.3 Å². The quantitative estimate of drug-likeness (QED) is 0.638. The van der Waals surface area contributed by atoms with Gasteiger partial charge in [0.25, 0.3) is 5.88 Å². The predicted molar refractivity (Wildman–Crippen MR) is 58.3 cm³/mol. The van der Waals surface area contributed by atoms with E-state index in [0.29, 0.717) is 11.6 Å². The van der Waals surface area contributed by atoms with Crippen LogP contribution in [0.15, 0.2) is 6.20 Å². The van der Waals surface area contributed by atoms with Crippen LogP contribution in [0.25, 0.3) is 0 Å². The minimum atomic E-state index is 0.276. The van der Waals surface area contributed by atoms with Gasteiger partial charge in [-0.1, -0.05) is 21.9 Å². The van der Waals surface area contributed by atoms with E-state index < -0.39 is 0 Å². The van der Waals surface area contributed by atoms with Crippen LogP contribution in [0, 0.1) is 11.8 Å². The molecule has 0 aromatic carbocycles. The summed E-state index contributed by atoms with van der Waals surface area (Å²) in [6.45, 7) is 0. The number of ether oxygens (including phenoxy) is 1. The summed E-state index contributed by atoms with van der Waals surface area (Å²) in [5.41, 5.74) is 6.07. The van der Waals surface area contributed by atoms with Gasteiger partial charge in [0.05, 0.1) is 13.3 Å². The minimum Gasteiger partial charge on any atom is -0.478 e. The van der Waals surface area contributed by atoms with Crippen LogP contribution in [0.5, 0.6) is 5.88 Å². The molecule has 14 heavy (non-hydrogen) atoms. The van der Waals surface area contributed by atoms with Crippen LogP contribution >= 0.6 is 15.9 Å². The number of methoxy groups -OCH3 is 1. The fraction of sp³-hybridized carbons (Fsp3) is 0.333. The highest BCUT2D eigenvalue weighted by Crippen LogP contribution is 2.13. The predicted octanol–water partition coefficient (Wildman–Crippen LogP) is 1.20. The molecule has 1 aromatic rings. The average Bonchev–Trinajstić information content (AvgIpc) is 2.21. The van der Waals surface area contributed by atoms with E-state index in [1.807, 2.05) is 0 Å². The number of nitrogens with two attached hydrogens (primary N) is 1. The Kier molecular flexibility index (Phi) is 4.20. The maximum absolute atomic E-state index is 5.50. The Labute approximate surface area is 91.0 Å². The molecular weight excluding hydrogens is 246 g/mol. The minimum absolute atomic E-state index is 0.276. The number of halogens is 1. The molecule has 0 fully saturated rings. The topological polar surface area (TPSA) is 61.0 Å². The standard InChI is InChI=1S/C9H10BrN3O/c1-14-9-8(11)12-6-7(13-9)4-2-3-5-10/h6H,3,5H2,1H3,(H2,11,12). The van der Waals surface area contributed by atoms with Crippen LogP contribution in [0.1, 0.15) is 12.1 Å². The zero-order valence-electron chi connectivity index (χ0n) is 7.75. The molecular formula is C9H10BrN3O. The third kappa shape index (κ3) is 2.89. The first kappa shape index (κ1) is 10.8. The lowest BCUT2D eigenvalue weighted by molar-refractivity contribution is 0.398. The Morgan fingerprint density at radius 2 is 2.43 bits per heavy atom. The smallest absolute Gasteiger partial charge is 0.258 e. The van der Waals surface area contributed by atoms with Crippen LogP contribution in [0.3, 0.4) is 0 Å². The van der Waals surface area contributed by atoms with Crippen LogP contribution < -0.4 is 10.5 Å². The molecule has 0 spiro atoms. The molecule has 0 aliphatic heterocycles. The van der Waals surface area contributed by atoms with Crippen molar-refractivity contribution in [3.63, 3.8) is 0 Å². The third-order valence-corrected chi connectivity index (χ3v) is 1.79. The number of aromatic nitrogens is 2. The number of nitrogens with zero attached hydrogens (tertiary/aromatic N) is 2. The van der Waals surface area contributed by atoms with Crippen molar-refractivity contribution in [2.75, 3.05) is 18.2 Å². The van der Waals surface area contributed by atoms with Gasteiger partial charge in [-0.05, 0) is 5.92 Å². The SMILES string of the molecule is COc1nc(C#CCCBr)cnc1N. The molecule has 1 rings (SSSR count). The van der Waals surface area contributed by atoms with E-state index in [2.05, 4.69) is 37.7 Å². The van der Waals surface area contributed by atoms with Gasteiger partial charge >= 0.3 is 0 Å². The van der Waals surface area contributed by atoms with Gasteiger partial charge in [0, 0.05) is 11.8 Å². The van der Waals surface area contributed by atoms with Gasteiger partial charge in [-0.15, -0.1) is 0 Å². The van der Waals surface area contributed by atoms with Crippen molar-refractivity contribution in [3.8, 4) is 17.7 Å². The number of hydrogen-bond acceptors (Lipinski definition) is 4. The number of rotatable bonds is 2. The maximum Gasteiger partial charge on any atom is 0.258 e. The summed E-state index contributed by atoms with van der Waals surface area (Å²) in [6.07, 6.45) is 2.30. The molecule has 0 bridgehead atoms. The molecule has 0 aliphatic carbocycles. The molecule has 0 radical (unpaired) electrons. The third-order valence-electron chi connectivity index (χ3n) is 1.40. The lowest BCUT2D eigenvalue weighted by atomic mass is 10.4. The summed E-state index contributed by atoms with van der Waals surface area (Å²) >= 11 is 3.28. The Bertz CT molecular complexity index is 370. The molecule has 4 nitrogen and oxygen atoms in total. The second kappa shape index (κ2) is 5.45. The first-order valence-electron chi connectivity index (χ1n) is 3.99. The number of anilines is 1. The second-order valence-electron chi connectivity index (χ2n) is 2.39. The van der Waals surface area contributed by atoms with E-state index in [9.17, 15) is 0 Å². The second-order valence-corrected chi connectivity index (χ2v) is 3.18. The van der Waals surface area contributed by atoms with Crippen LogP contribution in [0.4, 0.5) is 5.82 Å². The van der Waals surface area contributed by atoms with Gasteiger partial charge in [0.2, 0.25) is 0 Å². The van der Waals surface area contributed by atoms with Crippen molar-refractivity contribution in [3.05, 3.63) is 11.9 Å². The van der Waals surface area contributed by atoms with Gasteiger partial charge in [-0.2, -0.15) is 4.98 Å². The normalized spacial score (nSPS) is 9.00. The molecule has 0 atom stereocenters. The summed E-state index contributed by atoms with van der Waals surface area (Å²) in [7, 11) is 1.50. The van der Waals surface area contributed by atoms with Gasteiger partial charge in [-0.3, -0.25) is 0 Å². The Morgan fingerprint density at radius 1 is 1.64 bits per heavy atom. The van der Waals surface area contributed by atoms with E-state index in [1.54, 1.807) is 0 Å². The highest BCUT2D eigenvalue weighted by atomic mass is 79.9. The van der Waals surface area contributed by atoms with Gasteiger partial charge < -0.3 is 10.5 Å². The maximum atomic E-state index is 5.50. The fourth-order valence-corrected chi connectivity index (χ4v) is 0.990. The Balaban J connectivity index is 2.86. The zero-order chi connectivity index (χ0) is 10.4. The van der Waals surface area contributed by atoms with Gasteiger partial charge in [0.1, 0.15) is 5.69 Å². The van der Waals surface area contributed by atoms with Crippen molar-refractivity contribution in [1.82, 2.24) is 9.97 Å². The van der Waals surface area contributed by atoms with Gasteiger partial charge in [-0.25, -0.2) is 4.98 Å². The molecule has 0 aliphatic rings. The number of nitrogen functional groups attached to an aromatic ring is 1. The van der Waals surface area contributed by atoms with Crippen LogP contribution in [-0.2, 0) is 0 Å². The van der Waals surface area contributed by atoms with Gasteiger partial charge in [0.15, 0.2) is 5.82 Å². The Morgan fingerprint density at radius 3 is 3.07 bits per heavy atom. The highest BCUT2D eigenvalue weighted by molar-refractivity contribution is 9.09. The van der Waals surface area contributed by atoms with Crippen molar-refractivity contribution in [1.29, 1.82) is 0 Å². The largest absolute Gasteiger partial charge is 0.478 e. The molecule has 5 heteroatoms. The first-order chi connectivity index (χ1) is 6.77. The van der Waals surface area contributed by atoms with E-state index in [4.69, 9.17) is 10.5 Å². The summed E-state index contributed by atoms with van der Waals surface area (Å²) in [5.74, 6) is 6.38. The summed E-state index contributed by atoms with van der Waals surface area (Å²) < 4.78 is 4.92. The summed E-state index contributed by atoms with van der Waals surface area (Å²) in [5, 5.41) is 0.847. The summed E-state index contributed by atoms with van der Waals surface area (Å²) in [4.78, 5) is 7.97. The van der Waals surface area contributed by atoms with E-state index in [0.717, 1.165) is 11.8 Å². The number of alkyl halides is 1. The van der Waals surface area contributed by atoms with Crippen LogP contribution in [-0.4, -0.2) is 22.4 Å². The molecule has 0 saturated carbocycles. The molecule has 1 heterocycles.